The van der Waals surface area contributed by atoms with Crippen LogP contribution in [0.25, 0.3) is 11.4 Å². The summed E-state index contributed by atoms with van der Waals surface area (Å²) in [5.41, 5.74) is 1.11. The minimum absolute atomic E-state index is 0.0219. The fourth-order valence-corrected chi connectivity index (χ4v) is 3.45. The highest BCUT2D eigenvalue weighted by molar-refractivity contribution is 7.89. The van der Waals surface area contributed by atoms with E-state index in [-0.39, 0.29) is 23.9 Å². The molecule has 0 aliphatic rings. The normalized spacial score (nSPS) is 10.9. The van der Waals surface area contributed by atoms with E-state index in [0.29, 0.717) is 17.2 Å². The predicted octanol–water partition coefficient (Wildman–Crippen LogP) is 1.32. The number of carbonyl (C=O) groups excluding carboxylic acids is 1. The first-order valence-electron chi connectivity index (χ1n) is 8.80. The Morgan fingerprint density at radius 1 is 1.17 bits per heavy atom. The van der Waals surface area contributed by atoms with Gasteiger partial charge >= 0.3 is 0 Å². The number of H-pyrrole nitrogens is 1. The largest absolute Gasteiger partial charge is 0.497 e. The van der Waals surface area contributed by atoms with Crippen LogP contribution in [-0.4, -0.2) is 43.2 Å². The van der Waals surface area contributed by atoms with Gasteiger partial charge in [0.05, 0.1) is 25.1 Å². The molecule has 154 valence electrons. The Kier molecular flexibility index (Phi) is 6.46. The van der Waals surface area contributed by atoms with Crippen LogP contribution >= 0.6 is 0 Å². The van der Waals surface area contributed by atoms with Crippen LogP contribution in [-0.2, 0) is 16.6 Å². The summed E-state index contributed by atoms with van der Waals surface area (Å²) in [4.78, 5) is 16.7. The maximum atomic E-state index is 12.3. The number of hydrogen-bond acceptors (Lipinski definition) is 6. The topological polar surface area (TPSA) is 126 Å². The number of benzene rings is 2. The fourth-order valence-electron chi connectivity index (χ4n) is 2.52. The Bertz CT molecular complexity index is 1160. The van der Waals surface area contributed by atoms with Crippen LogP contribution in [0.5, 0.6) is 5.75 Å². The monoisotopic (exact) mass is 425 g/mol. The van der Waals surface area contributed by atoms with Crippen molar-refractivity contribution in [3.63, 3.8) is 0 Å². The van der Waals surface area contributed by atoms with Gasteiger partial charge in [-0.3, -0.25) is 9.89 Å². The molecule has 0 radical (unpaired) electrons. The number of aromatic nitrogens is 3. The van der Waals surface area contributed by atoms with Gasteiger partial charge in [-0.2, -0.15) is 9.82 Å². The second-order valence-corrected chi connectivity index (χ2v) is 7.84. The first kappa shape index (κ1) is 21.0. The van der Waals surface area contributed by atoms with Gasteiger partial charge in [0.25, 0.3) is 5.91 Å². The number of nitrogens with zero attached hydrogens (tertiary/aromatic N) is 2. The molecule has 9 nitrogen and oxygen atoms in total. The van der Waals surface area contributed by atoms with Crippen molar-refractivity contribution < 1.29 is 17.9 Å². The summed E-state index contributed by atoms with van der Waals surface area (Å²) >= 11 is 0. The van der Waals surface area contributed by atoms with E-state index in [4.69, 9.17) is 11.2 Å². The average molecular weight is 425 g/mol. The second kappa shape index (κ2) is 9.21. The molecule has 1 heterocycles. The highest BCUT2D eigenvalue weighted by atomic mass is 32.2. The van der Waals surface area contributed by atoms with Gasteiger partial charge in [-0.1, -0.05) is 5.92 Å². The lowest BCUT2D eigenvalue weighted by atomic mass is 10.2. The van der Waals surface area contributed by atoms with Crippen molar-refractivity contribution in [3.8, 4) is 29.5 Å². The van der Waals surface area contributed by atoms with Crippen molar-refractivity contribution in [1.82, 2.24) is 25.2 Å². The molecule has 0 unspecified atom stereocenters. The molecular formula is C20H19N5O4S. The summed E-state index contributed by atoms with van der Waals surface area (Å²) in [5, 5.41) is 9.62. The van der Waals surface area contributed by atoms with Crippen molar-refractivity contribution in [3.05, 3.63) is 59.9 Å². The Morgan fingerprint density at radius 3 is 2.50 bits per heavy atom. The summed E-state index contributed by atoms with van der Waals surface area (Å²) in [5.74, 6) is 3.53. The molecule has 10 heteroatoms. The molecule has 0 fully saturated rings. The standard InChI is InChI=1S/C20H19N5O4S/c1-3-12-22-30(27,28)17-10-6-15(7-11-17)20(26)21-13-18-23-19(25-24-18)14-4-8-16(29-2)9-5-14/h1,4-11,22H,12-13H2,2H3,(H,21,26)(H,23,24,25). The Labute approximate surface area is 173 Å². The highest BCUT2D eigenvalue weighted by Crippen LogP contribution is 2.19. The molecule has 0 atom stereocenters. The SMILES string of the molecule is C#CCNS(=O)(=O)c1ccc(C(=O)NCc2nc(-c3ccc(OC)cc3)n[nH]2)cc1. The minimum Gasteiger partial charge on any atom is -0.497 e. The van der Waals surface area contributed by atoms with E-state index in [1.54, 1.807) is 19.2 Å². The van der Waals surface area contributed by atoms with Crippen LogP contribution in [0.15, 0.2) is 53.4 Å². The number of aromatic amines is 1. The van der Waals surface area contributed by atoms with Gasteiger partial charge in [-0.05, 0) is 48.5 Å². The molecule has 0 saturated carbocycles. The number of nitrogens with one attached hydrogen (secondary N) is 3. The predicted molar refractivity (Wildman–Crippen MR) is 110 cm³/mol. The summed E-state index contributed by atoms with van der Waals surface area (Å²) in [6.07, 6.45) is 5.06. The van der Waals surface area contributed by atoms with Gasteiger partial charge in [0.1, 0.15) is 11.6 Å². The van der Waals surface area contributed by atoms with Crippen molar-refractivity contribution in [1.29, 1.82) is 0 Å². The zero-order valence-corrected chi connectivity index (χ0v) is 16.9. The fraction of sp³-hybridized carbons (Fsp3) is 0.150. The minimum atomic E-state index is -3.70. The van der Waals surface area contributed by atoms with Crippen LogP contribution in [0.3, 0.4) is 0 Å². The molecule has 2 aromatic carbocycles. The number of hydrogen-bond donors (Lipinski definition) is 3. The van der Waals surface area contributed by atoms with Gasteiger partial charge in [0.15, 0.2) is 5.82 Å². The van der Waals surface area contributed by atoms with Crippen LogP contribution < -0.4 is 14.8 Å². The zero-order valence-electron chi connectivity index (χ0n) is 16.0. The molecule has 0 saturated heterocycles. The number of methoxy groups -OCH3 is 1. The lowest BCUT2D eigenvalue weighted by Gasteiger charge is -2.06. The van der Waals surface area contributed by atoms with Crippen LogP contribution in [0, 0.1) is 12.3 Å². The van der Waals surface area contributed by atoms with Gasteiger partial charge < -0.3 is 10.1 Å². The molecule has 3 aromatic rings. The van der Waals surface area contributed by atoms with Crippen molar-refractivity contribution in [2.75, 3.05) is 13.7 Å². The van der Waals surface area contributed by atoms with E-state index in [2.05, 4.69) is 31.1 Å². The van der Waals surface area contributed by atoms with Crippen molar-refractivity contribution in [2.24, 2.45) is 0 Å². The number of ether oxygens (including phenoxy) is 1. The number of amides is 1. The molecule has 1 amide bonds. The molecule has 0 bridgehead atoms. The number of sulfonamides is 1. The van der Waals surface area contributed by atoms with E-state index >= 15 is 0 Å². The van der Waals surface area contributed by atoms with Gasteiger partial charge in [-0.15, -0.1) is 6.42 Å². The highest BCUT2D eigenvalue weighted by Gasteiger charge is 2.14. The molecule has 0 aliphatic heterocycles. The van der Waals surface area contributed by atoms with E-state index in [9.17, 15) is 13.2 Å². The van der Waals surface area contributed by atoms with E-state index < -0.39 is 10.0 Å². The quantitative estimate of drug-likeness (QED) is 0.468. The van der Waals surface area contributed by atoms with Crippen LogP contribution in [0.2, 0.25) is 0 Å². The maximum absolute atomic E-state index is 12.3. The molecule has 3 rings (SSSR count). The van der Waals surface area contributed by atoms with Crippen molar-refractivity contribution >= 4 is 15.9 Å². The molecular weight excluding hydrogens is 406 g/mol. The lowest BCUT2D eigenvalue weighted by Crippen LogP contribution is -2.25. The van der Waals surface area contributed by atoms with Crippen LogP contribution in [0.4, 0.5) is 0 Å². The molecule has 0 spiro atoms. The van der Waals surface area contributed by atoms with Gasteiger partial charge in [0, 0.05) is 11.1 Å². The van der Waals surface area contributed by atoms with Gasteiger partial charge in [0.2, 0.25) is 10.0 Å². The third-order valence-electron chi connectivity index (χ3n) is 4.09. The third-order valence-corrected chi connectivity index (χ3v) is 5.50. The Balaban J connectivity index is 1.60. The number of carbonyl (C=O) groups is 1. The lowest BCUT2D eigenvalue weighted by molar-refractivity contribution is 0.0950. The van der Waals surface area contributed by atoms with E-state index in [1.165, 1.54) is 24.3 Å². The van der Waals surface area contributed by atoms with E-state index in [1.807, 2.05) is 12.1 Å². The first-order valence-corrected chi connectivity index (χ1v) is 10.3. The van der Waals surface area contributed by atoms with Crippen molar-refractivity contribution in [2.45, 2.75) is 11.4 Å². The summed E-state index contributed by atoms with van der Waals surface area (Å²) in [6.45, 7) is 0.0199. The summed E-state index contributed by atoms with van der Waals surface area (Å²) < 4.78 is 31.4. The molecule has 0 aliphatic carbocycles. The molecule has 1 aromatic heterocycles. The first-order chi connectivity index (χ1) is 14.4. The van der Waals surface area contributed by atoms with Crippen LogP contribution in [0.1, 0.15) is 16.2 Å². The number of rotatable bonds is 8. The number of terminal acetylenes is 1. The smallest absolute Gasteiger partial charge is 0.251 e. The Hall–Kier alpha value is -3.68. The summed E-state index contributed by atoms with van der Waals surface area (Å²) in [6, 6.07) is 12.8. The zero-order chi connectivity index (χ0) is 21.6. The Morgan fingerprint density at radius 2 is 1.87 bits per heavy atom. The average Bonchev–Trinajstić information content (AvgIpc) is 3.25. The third kappa shape index (κ3) is 5.02. The maximum Gasteiger partial charge on any atom is 0.251 e. The van der Waals surface area contributed by atoms with E-state index in [0.717, 1.165) is 11.3 Å². The van der Waals surface area contributed by atoms with Gasteiger partial charge in [-0.25, -0.2) is 13.4 Å². The molecule has 3 N–H and O–H groups in total. The molecule has 30 heavy (non-hydrogen) atoms. The summed E-state index contributed by atoms with van der Waals surface area (Å²) in [7, 11) is -2.12. The second-order valence-electron chi connectivity index (χ2n) is 6.07.